The zero-order valence-electron chi connectivity index (χ0n) is 17.6. The summed E-state index contributed by atoms with van der Waals surface area (Å²) in [6.07, 6.45) is -3.60. The first-order valence-corrected chi connectivity index (χ1v) is 10.9. The van der Waals surface area contributed by atoms with Crippen LogP contribution < -0.4 is 4.90 Å². The molecule has 1 saturated heterocycles. The number of aromatic nitrogens is 3. The Hall–Kier alpha value is -2.78. The monoisotopic (exact) mass is 497 g/mol. The van der Waals surface area contributed by atoms with Crippen molar-refractivity contribution in [3.05, 3.63) is 75.2 Å². The van der Waals surface area contributed by atoms with E-state index in [1.807, 2.05) is 23.1 Å². The van der Waals surface area contributed by atoms with Gasteiger partial charge in [-0.15, -0.1) is 0 Å². The summed E-state index contributed by atoms with van der Waals surface area (Å²) in [4.78, 5) is 20.6. The van der Waals surface area contributed by atoms with Crippen LogP contribution in [0.3, 0.4) is 0 Å². The minimum atomic E-state index is -4.43. The molecule has 1 aliphatic rings. The summed E-state index contributed by atoms with van der Waals surface area (Å²) in [5.74, 6) is 0.208. The van der Waals surface area contributed by atoms with Gasteiger partial charge in [-0.2, -0.15) is 18.3 Å². The fraction of sp³-hybridized carbons (Fsp3) is 0.318. The molecule has 0 unspecified atom stereocenters. The van der Waals surface area contributed by atoms with Crippen molar-refractivity contribution >= 4 is 34.9 Å². The van der Waals surface area contributed by atoms with Crippen LogP contribution in [0.15, 0.2) is 42.6 Å². The molecule has 3 aromatic rings. The molecule has 33 heavy (non-hydrogen) atoms. The number of aryl methyl sites for hydroxylation is 1. The first kappa shape index (κ1) is 23.4. The summed E-state index contributed by atoms with van der Waals surface area (Å²) in [5.41, 5.74) is 0.896. The van der Waals surface area contributed by atoms with Gasteiger partial charge in [0.05, 0.1) is 23.4 Å². The number of halogens is 5. The summed E-state index contributed by atoms with van der Waals surface area (Å²) < 4.78 is 39.8. The average Bonchev–Trinajstić information content (AvgIpc) is 3.07. The molecular formula is C22H20Cl2F3N5O. The molecule has 0 radical (unpaired) electrons. The van der Waals surface area contributed by atoms with Gasteiger partial charge < -0.3 is 9.80 Å². The Balaban J connectivity index is 1.44. The molecule has 4 rings (SSSR count). The van der Waals surface area contributed by atoms with E-state index in [2.05, 4.69) is 10.1 Å². The van der Waals surface area contributed by atoms with Gasteiger partial charge in [-0.05, 0) is 30.7 Å². The van der Waals surface area contributed by atoms with Crippen LogP contribution in [0.25, 0.3) is 0 Å². The SMILES string of the molecule is Cc1nn(Cc2ccccc2Cl)c(Cl)c1C(=O)N1CCN(c2ccc(C(F)(F)F)cn2)CC1. The van der Waals surface area contributed by atoms with Crippen molar-refractivity contribution in [2.24, 2.45) is 0 Å². The zero-order valence-corrected chi connectivity index (χ0v) is 19.1. The molecule has 1 aliphatic heterocycles. The number of carbonyl (C=O) groups excluding carboxylic acids is 1. The van der Waals surface area contributed by atoms with Crippen LogP contribution in [0.5, 0.6) is 0 Å². The quantitative estimate of drug-likeness (QED) is 0.513. The number of pyridine rings is 1. The Kier molecular flexibility index (Phi) is 6.54. The lowest BCUT2D eigenvalue weighted by atomic mass is 10.2. The second-order valence-electron chi connectivity index (χ2n) is 7.68. The first-order chi connectivity index (χ1) is 15.6. The van der Waals surface area contributed by atoms with E-state index in [0.717, 1.165) is 17.8 Å². The highest BCUT2D eigenvalue weighted by Gasteiger charge is 2.32. The molecule has 6 nitrogen and oxygen atoms in total. The number of anilines is 1. The first-order valence-electron chi connectivity index (χ1n) is 10.2. The van der Waals surface area contributed by atoms with Crippen LogP contribution in [0, 0.1) is 6.92 Å². The van der Waals surface area contributed by atoms with Gasteiger partial charge in [0, 0.05) is 37.4 Å². The van der Waals surface area contributed by atoms with Crippen LogP contribution in [0.2, 0.25) is 10.2 Å². The zero-order chi connectivity index (χ0) is 23.8. The van der Waals surface area contributed by atoms with Crippen molar-refractivity contribution in [2.75, 3.05) is 31.1 Å². The van der Waals surface area contributed by atoms with Gasteiger partial charge >= 0.3 is 6.18 Å². The standard InChI is InChI=1S/C22H20Cl2F3N5O/c1-14-19(20(24)32(29-14)13-15-4-2-3-5-17(15)23)21(33)31-10-8-30(9-11-31)18-7-6-16(12-28-18)22(25,26)27/h2-7,12H,8-11,13H2,1H3. The Morgan fingerprint density at radius 2 is 1.76 bits per heavy atom. The molecule has 0 bridgehead atoms. The summed E-state index contributed by atoms with van der Waals surface area (Å²) in [7, 11) is 0. The van der Waals surface area contributed by atoms with E-state index in [0.29, 0.717) is 54.8 Å². The molecule has 0 atom stereocenters. The highest BCUT2D eigenvalue weighted by Crippen LogP contribution is 2.30. The number of rotatable bonds is 4. The normalized spacial score (nSPS) is 14.6. The molecule has 1 fully saturated rings. The number of amides is 1. The van der Waals surface area contributed by atoms with Crippen molar-refractivity contribution in [3.63, 3.8) is 0 Å². The number of hydrogen-bond donors (Lipinski definition) is 0. The fourth-order valence-electron chi connectivity index (χ4n) is 3.73. The van der Waals surface area contributed by atoms with Crippen LogP contribution in [-0.2, 0) is 12.7 Å². The van der Waals surface area contributed by atoms with E-state index in [-0.39, 0.29) is 11.1 Å². The lowest BCUT2D eigenvalue weighted by Gasteiger charge is -2.35. The van der Waals surface area contributed by atoms with Crippen molar-refractivity contribution in [3.8, 4) is 0 Å². The minimum absolute atomic E-state index is 0.233. The molecule has 3 heterocycles. The number of hydrogen-bond acceptors (Lipinski definition) is 4. The van der Waals surface area contributed by atoms with Gasteiger partial charge in [-0.3, -0.25) is 4.79 Å². The average molecular weight is 498 g/mol. The second-order valence-corrected chi connectivity index (χ2v) is 8.45. The third-order valence-electron chi connectivity index (χ3n) is 5.52. The van der Waals surface area contributed by atoms with Gasteiger partial charge in [0.1, 0.15) is 11.0 Å². The lowest BCUT2D eigenvalue weighted by Crippen LogP contribution is -2.49. The Morgan fingerprint density at radius 3 is 2.36 bits per heavy atom. The summed E-state index contributed by atoms with van der Waals surface area (Å²) >= 11 is 12.7. The molecule has 0 saturated carbocycles. The van der Waals surface area contributed by atoms with Crippen LogP contribution >= 0.6 is 23.2 Å². The van der Waals surface area contributed by atoms with Crippen molar-refractivity contribution in [1.29, 1.82) is 0 Å². The molecule has 174 valence electrons. The number of nitrogens with zero attached hydrogens (tertiary/aromatic N) is 5. The van der Waals surface area contributed by atoms with Crippen LogP contribution in [-0.4, -0.2) is 51.8 Å². The maximum absolute atomic E-state index is 13.2. The summed E-state index contributed by atoms with van der Waals surface area (Å²) in [5, 5.41) is 5.25. The smallest absolute Gasteiger partial charge is 0.353 e. The topological polar surface area (TPSA) is 54.3 Å². The summed E-state index contributed by atoms with van der Waals surface area (Å²) in [6.45, 7) is 3.70. The van der Waals surface area contributed by atoms with Crippen molar-refractivity contribution in [2.45, 2.75) is 19.6 Å². The Bertz CT molecular complexity index is 1160. The minimum Gasteiger partial charge on any atom is -0.353 e. The molecule has 0 N–H and O–H groups in total. The highest BCUT2D eigenvalue weighted by molar-refractivity contribution is 6.33. The van der Waals surface area contributed by atoms with E-state index in [1.165, 1.54) is 6.07 Å². The predicted molar refractivity (Wildman–Crippen MR) is 120 cm³/mol. The maximum Gasteiger partial charge on any atom is 0.417 e. The highest BCUT2D eigenvalue weighted by atomic mass is 35.5. The number of alkyl halides is 3. The molecule has 11 heteroatoms. The molecule has 0 spiro atoms. The third-order valence-corrected chi connectivity index (χ3v) is 6.28. The van der Waals surface area contributed by atoms with Crippen molar-refractivity contribution < 1.29 is 18.0 Å². The van der Waals surface area contributed by atoms with Crippen LogP contribution in [0.1, 0.15) is 27.2 Å². The predicted octanol–water partition coefficient (Wildman–Crippen LogP) is 4.92. The van der Waals surface area contributed by atoms with E-state index in [4.69, 9.17) is 23.2 Å². The number of piperazine rings is 1. The van der Waals surface area contributed by atoms with Gasteiger partial charge in [0.15, 0.2) is 0 Å². The Labute approximate surface area is 198 Å². The van der Waals surface area contributed by atoms with E-state index >= 15 is 0 Å². The second kappa shape index (κ2) is 9.23. The molecule has 0 aliphatic carbocycles. The van der Waals surface area contributed by atoms with E-state index < -0.39 is 11.7 Å². The molecule has 2 aromatic heterocycles. The largest absolute Gasteiger partial charge is 0.417 e. The Morgan fingerprint density at radius 1 is 1.06 bits per heavy atom. The molecule has 1 amide bonds. The van der Waals surface area contributed by atoms with Gasteiger partial charge in [-0.1, -0.05) is 41.4 Å². The molecular weight excluding hydrogens is 478 g/mol. The third kappa shape index (κ3) is 4.94. The number of carbonyl (C=O) groups is 1. The number of benzene rings is 1. The van der Waals surface area contributed by atoms with Crippen LogP contribution in [0.4, 0.5) is 19.0 Å². The van der Waals surface area contributed by atoms with E-state index in [9.17, 15) is 18.0 Å². The van der Waals surface area contributed by atoms with Gasteiger partial charge in [0.25, 0.3) is 5.91 Å². The lowest BCUT2D eigenvalue weighted by molar-refractivity contribution is -0.137. The van der Waals surface area contributed by atoms with E-state index in [1.54, 1.807) is 22.6 Å². The van der Waals surface area contributed by atoms with Gasteiger partial charge in [0.2, 0.25) is 0 Å². The van der Waals surface area contributed by atoms with Crippen molar-refractivity contribution in [1.82, 2.24) is 19.7 Å². The fourth-order valence-corrected chi connectivity index (χ4v) is 4.24. The molecule has 1 aromatic carbocycles. The maximum atomic E-state index is 13.2. The van der Waals surface area contributed by atoms with Gasteiger partial charge in [-0.25, -0.2) is 9.67 Å². The summed E-state index contributed by atoms with van der Waals surface area (Å²) in [6, 6.07) is 9.69.